The van der Waals surface area contributed by atoms with E-state index in [0.29, 0.717) is 0 Å². The molecule has 0 aliphatic heterocycles. The van der Waals surface area contributed by atoms with Crippen LogP contribution in [-0.4, -0.2) is 10.8 Å². The number of nitrogens with one attached hydrogen (secondary N) is 1. The Morgan fingerprint density at radius 1 is 1.36 bits per heavy atom. The maximum absolute atomic E-state index is 12.5. The van der Waals surface area contributed by atoms with E-state index in [-0.39, 0.29) is 29.5 Å². The highest BCUT2D eigenvalue weighted by Crippen LogP contribution is 2.42. The number of rotatable bonds is 4. The summed E-state index contributed by atoms with van der Waals surface area (Å²) in [6, 6.07) is 8.02. The molecular formula is C19H22N2O4. The standard InChI is InChI=1S/C19H22N2O4/c1-12-8-15-16(10-19(2,3)11-17(15)25-12)20-18(22)9-13-4-6-14(7-5-13)21(23)24/h4-8,16H,9-11H2,1-3H3,(H,20,22)/t16-/m1/s1. The summed E-state index contributed by atoms with van der Waals surface area (Å²) < 4.78 is 5.79. The summed E-state index contributed by atoms with van der Waals surface area (Å²) >= 11 is 0. The Hall–Kier alpha value is -2.63. The van der Waals surface area contributed by atoms with Gasteiger partial charge in [-0.05, 0) is 30.4 Å². The SMILES string of the molecule is Cc1cc2c(o1)CC(C)(C)C[C@H]2NC(=O)Cc1ccc([N+](=O)[O-])cc1. The number of benzene rings is 1. The molecule has 132 valence electrons. The lowest BCUT2D eigenvalue weighted by molar-refractivity contribution is -0.384. The Balaban J connectivity index is 1.71. The van der Waals surface area contributed by atoms with Gasteiger partial charge in [-0.3, -0.25) is 14.9 Å². The molecule has 0 fully saturated rings. The molecule has 0 unspecified atom stereocenters. The van der Waals surface area contributed by atoms with Gasteiger partial charge in [0, 0.05) is 24.1 Å². The number of hydrogen-bond acceptors (Lipinski definition) is 4. The second-order valence-electron chi connectivity index (χ2n) is 7.50. The molecule has 0 saturated carbocycles. The van der Waals surface area contributed by atoms with E-state index in [1.54, 1.807) is 12.1 Å². The second-order valence-corrected chi connectivity index (χ2v) is 7.50. The van der Waals surface area contributed by atoms with Crippen molar-refractivity contribution in [1.82, 2.24) is 5.32 Å². The normalized spacial score (nSPS) is 18.4. The van der Waals surface area contributed by atoms with E-state index in [4.69, 9.17) is 4.42 Å². The van der Waals surface area contributed by atoms with Crippen LogP contribution in [0.4, 0.5) is 5.69 Å². The monoisotopic (exact) mass is 342 g/mol. The first-order chi connectivity index (χ1) is 11.7. The smallest absolute Gasteiger partial charge is 0.269 e. The first kappa shape index (κ1) is 17.2. The predicted octanol–water partition coefficient (Wildman–Crippen LogP) is 3.87. The first-order valence-corrected chi connectivity index (χ1v) is 8.35. The van der Waals surface area contributed by atoms with Gasteiger partial charge in [-0.25, -0.2) is 0 Å². The van der Waals surface area contributed by atoms with E-state index in [0.717, 1.165) is 35.5 Å². The molecular weight excluding hydrogens is 320 g/mol. The first-order valence-electron chi connectivity index (χ1n) is 8.35. The van der Waals surface area contributed by atoms with Gasteiger partial charge in [0.25, 0.3) is 5.69 Å². The molecule has 6 nitrogen and oxygen atoms in total. The van der Waals surface area contributed by atoms with Crippen molar-refractivity contribution in [2.75, 3.05) is 0 Å². The minimum Gasteiger partial charge on any atom is -0.466 e. The highest BCUT2D eigenvalue weighted by atomic mass is 16.6. The minimum atomic E-state index is -0.448. The minimum absolute atomic E-state index is 0.0247. The Kier molecular flexibility index (Phi) is 4.37. The van der Waals surface area contributed by atoms with Gasteiger partial charge in [0.1, 0.15) is 11.5 Å². The van der Waals surface area contributed by atoms with Crippen LogP contribution in [-0.2, 0) is 17.6 Å². The fraction of sp³-hybridized carbons (Fsp3) is 0.421. The van der Waals surface area contributed by atoms with Gasteiger partial charge in [-0.15, -0.1) is 0 Å². The van der Waals surface area contributed by atoms with Crippen molar-refractivity contribution in [2.24, 2.45) is 5.41 Å². The third kappa shape index (κ3) is 3.90. The van der Waals surface area contributed by atoms with Gasteiger partial charge in [0.05, 0.1) is 17.4 Å². The number of aryl methyl sites for hydroxylation is 1. The van der Waals surface area contributed by atoms with Crippen LogP contribution in [0.25, 0.3) is 0 Å². The fourth-order valence-electron chi connectivity index (χ4n) is 3.48. The molecule has 1 heterocycles. The lowest BCUT2D eigenvalue weighted by atomic mass is 9.74. The second kappa shape index (κ2) is 6.35. The molecule has 6 heteroatoms. The van der Waals surface area contributed by atoms with Gasteiger partial charge in [0.2, 0.25) is 5.91 Å². The van der Waals surface area contributed by atoms with Crippen LogP contribution < -0.4 is 5.32 Å². The number of nitro groups is 1. The summed E-state index contributed by atoms with van der Waals surface area (Å²) in [7, 11) is 0. The third-order valence-electron chi connectivity index (χ3n) is 4.58. The average Bonchev–Trinajstić information content (AvgIpc) is 2.86. The van der Waals surface area contributed by atoms with Crippen molar-refractivity contribution in [1.29, 1.82) is 0 Å². The van der Waals surface area contributed by atoms with Crippen LogP contribution in [0.3, 0.4) is 0 Å². The Bertz CT molecular complexity index is 805. The molecule has 2 aromatic rings. The van der Waals surface area contributed by atoms with Gasteiger partial charge in [-0.2, -0.15) is 0 Å². The maximum atomic E-state index is 12.5. The topological polar surface area (TPSA) is 85.4 Å². The average molecular weight is 342 g/mol. The lowest BCUT2D eigenvalue weighted by Crippen LogP contribution is -2.36. The number of carbonyl (C=O) groups is 1. The van der Waals surface area contributed by atoms with Crippen molar-refractivity contribution < 1.29 is 14.1 Å². The molecule has 1 aliphatic rings. The zero-order valence-electron chi connectivity index (χ0n) is 14.7. The third-order valence-corrected chi connectivity index (χ3v) is 4.58. The molecule has 1 amide bonds. The quantitative estimate of drug-likeness (QED) is 0.675. The number of carbonyl (C=O) groups excluding carboxylic acids is 1. The number of fused-ring (bicyclic) bond motifs is 1. The summed E-state index contributed by atoms with van der Waals surface area (Å²) in [5.74, 6) is 1.72. The number of nitro benzene ring substituents is 1. The van der Waals surface area contributed by atoms with E-state index in [2.05, 4.69) is 19.2 Å². The van der Waals surface area contributed by atoms with E-state index < -0.39 is 4.92 Å². The Morgan fingerprint density at radius 3 is 2.68 bits per heavy atom. The highest BCUT2D eigenvalue weighted by Gasteiger charge is 2.35. The van der Waals surface area contributed by atoms with Crippen molar-refractivity contribution in [3.8, 4) is 0 Å². The van der Waals surface area contributed by atoms with E-state index >= 15 is 0 Å². The molecule has 1 aromatic carbocycles. The number of furan rings is 1. The molecule has 25 heavy (non-hydrogen) atoms. The van der Waals surface area contributed by atoms with Crippen molar-refractivity contribution in [3.63, 3.8) is 0 Å². The molecule has 0 bridgehead atoms. The summed E-state index contributed by atoms with van der Waals surface area (Å²) in [6.45, 7) is 6.26. The highest BCUT2D eigenvalue weighted by molar-refractivity contribution is 5.79. The van der Waals surface area contributed by atoms with E-state index in [9.17, 15) is 14.9 Å². The number of hydrogen-bond donors (Lipinski definition) is 1. The van der Waals surface area contributed by atoms with Gasteiger partial charge in [0.15, 0.2) is 0 Å². The maximum Gasteiger partial charge on any atom is 0.269 e. The van der Waals surface area contributed by atoms with E-state index in [1.165, 1.54) is 12.1 Å². The van der Waals surface area contributed by atoms with Gasteiger partial charge >= 0.3 is 0 Å². The van der Waals surface area contributed by atoms with Crippen LogP contribution in [0.5, 0.6) is 0 Å². The molecule has 1 N–H and O–H groups in total. The van der Waals surface area contributed by atoms with E-state index in [1.807, 2.05) is 13.0 Å². The number of amides is 1. The number of non-ortho nitro benzene ring substituents is 1. The molecule has 1 atom stereocenters. The van der Waals surface area contributed by atoms with Crippen molar-refractivity contribution >= 4 is 11.6 Å². The van der Waals surface area contributed by atoms with Crippen molar-refractivity contribution in [2.45, 2.75) is 46.1 Å². The van der Waals surface area contributed by atoms with Crippen molar-refractivity contribution in [3.05, 3.63) is 63.1 Å². The number of nitrogens with zero attached hydrogens (tertiary/aromatic N) is 1. The van der Waals surface area contributed by atoms with Gasteiger partial charge < -0.3 is 9.73 Å². The van der Waals surface area contributed by atoms with Gasteiger partial charge in [-0.1, -0.05) is 26.0 Å². The molecule has 0 saturated heterocycles. The molecule has 0 spiro atoms. The summed E-state index contributed by atoms with van der Waals surface area (Å²) in [5.41, 5.74) is 1.90. The molecule has 1 aliphatic carbocycles. The predicted molar refractivity (Wildman–Crippen MR) is 93.2 cm³/mol. The summed E-state index contributed by atoms with van der Waals surface area (Å²) in [5, 5.41) is 13.8. The lowest BCUT2D eigenvalue weighted by Gasteiger charge is -2.34. The van der Waals surface area contributed by atoms with Crippen LogP contribution in [0, 0.1) is 22.5 Å². The summed E-state index contributed by atoms with van der Waals surface area (Å²) in [6.07, 6.45) is 1.91. The zero-order chi connectivity index (χ0) is 18.2. The van der Waals surface area contributed by atoms with Crippen LogP contribution in [0.1, 0.15) is 49.0 Å². The molecule has 1 aromatic heterocycles. The molecule has 3 rings (SSSR count). The van der Waals surface area contributed by atoms with Crippen LogP contribution >= 0.6 is 0 Å². The molecule has 0 radical (unpaired) electrons. The summed E-state index contributed by atoms with van der Waals surface area (Å²) in [4.78, 5) is 22.7. The largest absolute Gasteiger partial charge is 0.466 e. The zero-order valence-corrected chi connectivity index (χ0v) is 14.7. The van der Waals surface area contributed by atoms with Crippen LogP contribution in [0.2, 0.25) is 0 Å². The van der Waals surface area contributed by atoms with Crippen LogP contribution in [0.15, 0.2) is 34.7 Å². The Morgan fingerprint density at radius 2 is 2.04 bits per heavy atom. The fourth-order valence-corrected chi connectivity index (χ4v) is 3.48. The Labute approximate surface area is 146 Å².